The fraction of sp³-hybridized carbons (Fsp3) is 0.381. The van der Waals surface area contributed by atoms with Gasteiger partial charge in [0.2, 0.25) is 11.8 Å². The topological polar surface area (TPSA) is 122 Å². The highest BCUT2D eigenvalue weighted by Crippen LogP contribution is 2.35. The number of imide groups is 1. The molecule has 0 spiro atoms. The molecule has 51 heavy (non-hydrogen) atoms. The summed E-state index contributed by atoms with van der Waals surface area (Å²) < 4.78 is 0.577. The van der Waals surface area contributed by atoms with Crippen molar-refractivity contribution in [1.29, 1.82) is 5.26 Å². The predicted octanol–water partition coefficient (Wildman–Crippen LogP) is 6.30. The number of H-pyrrole nitrogens is 1. The van der Waals surface area contributed by atoms with Crippen LogP contribution in [0, 0.1) is 55.8 Å². The summed E-state index contributed by atoms with van der Waals surface area (Å²) in [5.41, 5.74) is 4.55. The Bertz CT molecular complexity index is 2140. The first kappa shape index (κ1) is 38.4. The highest BCUT2D eigenvalue weighted by atomic mass is 16.3. The van der Waals surface area contributed by atoms with Crippen LogP contribution in [-0.2, 0) is 4.79 Å². The van der Waals surface area contributed by atoms with E-state index in [0.29, 0.717) is 38.9 Å². The predicted molar refractivity (Wildman–Crippen MR) is 206 cm³/mol. The van der Waals surface area contributed by atoms with E-state index in [2.05, 4.69) is 84.0 Å². The quantitative estimate of drug-likeness (QED) is 0.191. The van der Waals surface area contributed by atoms with E-state index in [9.17, 15) is 24.8 Å². The molecule has 268 valence electrons. The first-order valence-corrected chi connectivity index (χ1v) is 17.5. The van der Waals surface area contributed by atoms with E-state index in [0.717, 1.165) is 53.8 Å². The number of aromatic amines is 1. The fourth-order valence-corrected chi connectivity index (χ4v) is 6.07. The molecular formula is C42H51N5O4. The van der Waals surface area contributed by atoms with Crippen molar-refractivity contribution in [2.45, 2.75) is 69.2 Å². The van der Waals surface area contributed by atoms with Gasteiger partial charge in [-0.2, -0.15) is 14.9 Å². The third-order valence-electron chi connectivity index (χ3n) is 10.3. The Balaban J connectivity index is 2.11. The molecule has 0 bridgehead atoms. The number of aromatic hydroxyl groups is 1. The smallest absolute Gasteiger partial charge is 0.280 e. The summed E-state index contributed by atoms with van der Waals surface area (Å²) in [7, 11) is 0. The zero-order chi connectivity index (χ0) is 37.9. The molecule has 0 aliphatic heterocycles. The Morgan fingerprint density at radius 3 is 2.06 bits per heavy atom. The number of nitrogens with zero attached hydrogens (tertiary/aromatic N) is 4. The van der Waals surface area contributed by atoms with E-state index in [-0.39, 0.29) is 21.6 Å². The van der Waals surface area contributed by atoms with Crippen LogP contribution in [-0.4, -0.2) is 39.7 Å². The standard InChI is InChI=1S/C42H51N5O4/c1-24(2)28(7)22-45(23-29(8)25(3)4)37-20-34(39(44-37)38-27(6)18-17-26(5)30(38)9)19-35-31(10)36(21-43)42(51)47(41(35)50)46(32(11)48)40(49)33-15-13-12-14-16-33/h12-20,24-25,28-29,44,51H,10,22-23H2,1-9,11H3/b35-19-. The van der Waals surface area contributed by atoms with Crippen molar-refractivity contribution in [2.24, 2.45) is 23.7 Å². The molecule has 0 saturated carbocycles. The lowest BCUT2D eigenvalue weighted by Crippen LogP contribution is -2.56. The Morgan fingerprint density at radius 1 is 0.961 bits per heavy atom. The molecule has 0 radical (unpaired) electrons. The van der Waals surface area contributed by atoms with Gasteiger partial charge >= 0.3 is 0 Å². The molecule has 4 rings (SSSR count). The number of hydrogen-bond donors (Lipinski definition) is 2. The van der Waals surface area contributed by atoms with Crippen LogP contribution in [0.25, 0.3) is 23.9 Å². The minimum absolute atomic E-state index is 0.0167. The molecule has 2 aromatic heterocycles. The number of hydrogen-bond acceptors (Lipinski definition) is 6. The molecule has 2 aromatic carbocycles. The summed E-state index contributed by atoms with van der Waals surface area (Å²) >= 11 is 0. The van der Waals surface area contributed by atoms with Gasteiger partial charge in [-0.15, -0.1) is 0 Å². The molecule has 2 unspecified atom stereocenters. The van der Waals surface area contributed by atoms with Crippen LogP contribution in [0.3, 0.4) is 0 Å². The van der Waals surface area contributed by atoms with Gasteiger partial charge in [-0.1, -0.05) is 78.5 Å². The van der Waals surface area contributed by atoms with Crippen LogP contribution in [0.15, 0.2) is 53.3 Å². The summed E-state index contributed by atoms with van der Waals surface area (Å²) in [6.45, 7) is 26.3. The molecule has 2 heterocycles. The van der Waals surface area contributed by atoms with Crippen LogP contribution >= 0.6 is 0 Å². The fourth-order valence-electron chi connectivity index (χ4n) is 6.07. The minimum atomic E-state index is -0.874. The second-order valence-corrected chi connectivity index (χ2v) is 14.5. The summed E-state index contributed by atoms with van der Waals surface area (Å²) in [6.07, 6.45) is 1.64. The van der Waals surface area contributed by atoms with Crippen molar-refractivity contribution < 1.29 is 14.7 Å². The van der Waals surface area contributed by atoms with Gasteiger partial charge in [0.15, 0.2) is 0 Å². The van der Waals surface area contributed by atoms with E-state index >= 15 is 0 Å². The van der Waals surface area contributed by atoms with Crippen LogP contribution < -0.4 is 25.9 Å². The Hall–Kier alpha value is -5.36. The summed E-state index contributed by atoms with van der Waals surface area (Å²) in [5.74, 6) is 0.0707. The number of pyridine rings is 1. The number of nitriles is 1. The first-order valence-electron chi connectivity index (χ1n) is 17.5. The van der Waals surface area contributed by atoms with E-state index in [1.54, 1.807) is 24.3 Å². The lowest BCUT2D eigenvalue weighted by Gasteiger charge is -2.32. The number of aromatic nitrogens is 2. The van der Waals surface area contributed by atoms with E-state index < -0.39 is 23.3 Å². The molecule has 0 fully saturated rings. The van der Waals surface area contributed by atoms with Crippen LogP contribution in [0.4, 0.5) is 5.82 Å². The van der Waals surface area contributed by atoms with Gasteiger partial charge in [0.1, 0.15) is 17.5 Å². The summed E-state index contributed by atoms with van der Waals surface area (Å²) in [4.78, 5) is 47.2. The molecule has 9 heteroatoms. The minimum Gasteiger partial charge on any atom is -0.492 e. The van der Waals surface area contributed by atoms with E-state index in [1.165, 1.54) is 12.1 Å². The maximum absolute atomic E-state index is 14.4. The molecular weight excluding hydrogens is 638 g/mol. The van der Waals surface area contributed by atoms with Crippen LogP contribution in [0.1, 0.15) is 86.6 Å². The molecule has 2 atom stereocenters. The van der Waals surface area contributed by atoms with Crippen molar-refractivity contribution in [2.75, 3.05) is 23.0 Å². The lowest BCUT2D eigenvalue weighted by molar-refractivity contribution is -0.117. The van der Waals surface area contributed by atoms with Crippen molar-refractivity contribution >= 4 is 30.3 Å². The Kier molecular flexibility index (Phi) is 11.8. The average molecular weight is 690 g/mol. The first-order chi connectivity index (χ1) is 24.0. The number of benzene rings is 2. The average Bonchev–Trinajstić information content (AvgIpc) is 3.49. The van der Waals surface area contributed by atoms with E-state index in [4.69, 9.17) is 0 Å². The van der Waals surface area contributed by atoms with Gasteiger partial charge in [0.25, 0.3) is 11.5 Å². The SMILES string of the molecule is C=c1c(C#N)c(O)n(N(C(C)=O)C(=O)c2ccccc2)c(=O)/c1=C\c1cc(N(CC(C)C(C)C)CC(C)C(C)C)[nH]c1-c1c(C)ccc(C)c1C. The molecule has 0 aliphatic carbocycles. The summed E-state index contributed by atoms with van der Waals surface area (Å²) in [5, 5.41) is 21.9. The highest BCUT2D eigenvalue weighted by Gasteiger charge is 2.28. The number of amides is 2. The zero-order valence-electron chi connectivity index (χ0n) is 31.6. The molecule has 9 nitrogen and oxygen atoms in total. The van der Waals surface area contributed by atoms with Gasteiger partial charge < -0.3 is 15.0 Å². The number of nitrogens with one attached hydrogen (secondary N) is 1. The Morgan fingerprint density at radius 2 is 1.53 bits per heavy atom. The van der Waals surface area contributed by atoms with Gasteiger partial charge in [0, 0.05) is 41.9 Å². The number of carbonyl (C=O) groups is 2. The zero-order valence-corrected chi connectivity index (χ0v) is 31.6. The normalized spacial score (nSPS) is 13.0. The van der Waals surface area contributed by atoms with Gasteiger partial charge in [-0.25, -0.2) is 0 Å². The largest absolute Gasteiger partial charge is 0.492 e. The molecule has 0 saturated heterocycles. The van der Waals surface area contributed by atoms with Crippen LogP contribution in [0.5, 0.6) is 5.88 Å². The third kappa shape index (κ3) is 7.86. The maximum Gasteiger partial charge on any atom is 0.280 e. The third-order valence-corrected chi connectivity index (χ3v) is 10.3. The second kappa shape index (κ2) is 15.7. The number of carbonyl (C=O) groups excluding carboxylic acids is 2. The summed E-state index contributed by atoms with van der Waals surface area (Å²) in [6, 6.07) is 16.1. The number of rotatable bonds is 11. The number of anilines is 1. The van der Waals surface area contributed by atoms with Gasteiger partial charge in [-0.05, 0) is 85.4 Å². The highest BCUT2D eigenvalue weighted by molar-refractivity contribution is 6.15. The van der Waals surface area contributed by atoms with Crippen molar-refractivity contribution in [3.8, 4) is 23.2 Å². The monoisotopic (exact) mass is 689 g/mol. The van der Waals surface area contributed by atoms with Crippen LogP contribution in [0.2, 0.25) is 0 Å². The molecule has 2 amide bonds. The lowest BCUT2D eigenvalue weighted by atomic mass is 9.94. The van der Waals surface area contributed by atoms with Gasteiger partial charge in [-0.3, -0.25) is 14.4 Å². The number of aryl methyl sites for hydroxylation is 2. The second-order valence-electron chi connectivity index (χ2n) is 14.5. The molecule has 2 N–H and O–H groups in total. The van der Waals surface area contributed by atoms with Crippen molar-refractivity contribution in [3.05, 3.63) is 103 Å². The van der Waals surface area contributed by atoms with Crippen molar-refractivity contribution in [3.63, 3.8) is 0 Å². The molecule has 0 aliphatic rings. The van der Waals surface area contributed by atoms with E-state index in [1.807, 2.05) is 19.1 Å². The maximum atomic E-state index is 14.4. The molecule has 4 aromatic rings. The van der Waals surface area contributed by atoms with Gasteiger partial charge in [0.05, 0.1) is 10.9 Å². The van der Waals surface area contributed by atoms with Crippen molar-refractivity contribution in [1.82, 2.24) is 9.66 Å². The Labute approximate surface area is 301 Å².